The zero-order valence-electron chi connectivity index (χ0n) is 9.10. The van der Waals surface area contributed by atoms with Crippen molar-refractivity contribution in [3.05, 3.63) is 28.2 Å². The first-order chi connectivity index (χ1) is 6.67. The summed E-state index contributed by atoms with van der Waals surface area (Å²) in [4.78, 5) is 0. The van der Waals surface area contributed by atoms with Gasteiger partial charge in [0.05, 0.1) is 0 Å². The van der Waals surface area contributed by atoms with Gasteiger partial charge in [0.1, 0.15) is 0 Å². The standard InChI is InChI=1S/C12H18BrN/c1-4-11(5-2)14-12-7-6-10(13)8-9(12)3/h6-8,11,14H,4-5H2,1-3H3. The van der Waals surface area contributed by atoms with Crippen LogP contribution in [0.5, 0.6) is 0 Å². The van der Waals surface area contributed by atoms with Crippen molar-refractivity contribution in [1.29, 1.82) is 0 Å². The quantitative estimate of drug-likeness (QED) is 0.844. The summed E-state index contributed by atoms with van der Waals surface area (Å²) in [5.74, 6) is 0. The molecular weight excluding hydrogens is 238 g/mol. The number of nitrogens with one attached hydrogen (secondary N) is 1. The zero-order valence-corrected chi connectivity index (χ0v) is 10.7. The molecule has 0 saturated carbocycles. The smallest absolute Gasteiger partial charge is 0.0372 e. The number of rotatable bonds is 4. The van der Waals surface area contributed by atoms with Gasteiger partial charge in [0.2, 0.25) is 0 Å². The van der Waals surface area contributed by atoms with Gasteiger partial charge < -0.3 is 5.32 Å². The minimum absolute atomic E-state index is 0.592. The second-order valence-corrected chi connectivity index (χ2v) is 4.53. The molecule has 2 heteroatoms. The molecule has 1 aromatic carbocycles. The molecule has 0 spiro atoms. The molecule has 0 aliphatic rings. The predicted octanol–water partition coefficient (Wildman–Crippen LogP) is 4.36. The molecule has 14 heavy (non-hydrogen) atoms. The van der Waals surface area contributed by atoms with E-state index < -0.39 is 0 Å². The first-order valence-corrected chi connectivity index (χ1v) is 5.99. The van der Waals surface area contributed by atoms with E-state index in [-0.39, 0.29) is 0 Å². The van der Waals surface area contributed by atoms with E-state index in [9.17, 15) is 0 Å². The SMILES string of the molecule is CCC(CC)Nc1ccc(Br)cc1C. The van der Waals surface area contributed by atoms with Gasteiger partial charge in [0, 0.05) is 16.2 Å². The third kappa shape index (κ3) is 3.02. The van der Waals surface area contributed by atoms with Crippen molar-refractivity contribution in [3.8, 4) is 0 Å². The van der Waals surface area contributed by atoms with Crippen LogP contribution in [0.2, 0.25) is 0 Å². The van der Waals surface area contributed by atoms with E-state index in [1.807, 2.05) is 0 Å². The van der Waals surface area contributed by atoms with E-state index in [1.54, 1.807) is 0 Å². The molecule has 1 N–H and O–H groups in total. The molecule has 0 heterocycles. The van der Waals surface area contributed by atoms with Crippen LogP contribution >= 0.6 is 15.9 Å². The monoisotopic (exact) mass is 255 g/mol. The molecule has 78 valence electrons. The van der Waals surface area contributed by atoms with Crippen LogP contribution in [0, 0.1) is 6.92 Å². The molecule has 0 unspecified atom stereocenters. The van der Waals surface area contributed by atoms with Gasteiger partial charge in [-0.1, -0.05) is 29.8 Å². The van der Waals surface area contributed by atoms with Crippen molar-refractivity contribution in [1.82, 2.24) is 0 Å². The second kappa shape index (κ2) is 5.40. The van der Waals surface area contributed by atoms with Crippen LogP contribution in [0.15, 0.2) is 22.7 Å². The summed E-state index contributed by atoms with van der Waals surface area (Å²) in [5, 5.41) is 3.55. The predicted molar refractivity (Wildman–Crippen MR) is 66.9 cm³/mol. The van der Waals surface area contributed by atoms with Crippen LogP contribution in [0.25, 0.3) is 0 Å². The molecule has 1 rings (SSSR count). The van der Waals surface area contributed by atoms with Gasteiger partial charge in [-0.25, -0.2) is 0 Å². The fourth-order valence-electron chi connectivity index (χ4n) is 1.50. The van der Waals surface area contributed by atoms with Crippen LogP contribution in [0.4, 0.5) is 5.69 Å². The summed E-state index contributed by atoms with van der Waals surface area (Å²) in [7, 11) is 0. The van der Waals surface area contributed by atoms with E-state index in [0.717, 1.165) is 4.47 Å². The molecule has 0 saturated heterocycles. The Morgan fingerprint density at radius 2 is 1.93 bits per heavy atom. The van der Waals surface area contributed by atoms with Gasteiger partial charge >= 0.3 is 0 Å². The summed E-state index contributed by atoms with van der Waals surface area (Å²) in [6.45, 7) is 6.57. The average molecular weight is 256 g/mol. The fraction of sp³-hybridized carbons (Fsp3) is 0.500. The Morgan fingerprint density at radius 1 is 1.29 bits per heavy atom. The van der Waals surface area contributed by atoms with Gasteiger partial charge in [0.25, 0.3) is 0 Å². The Balaban J connectivity index is 2.76. The van der Waals surface area contributed by atoms with Crippen molar-refractivity contribution in [2.45, 2.75) is 39.7 Å². The number of hydrogen-bond acceptors (Lipinski definition) is 1. The first-order valence-electron chi connectivity index (χ1n) is 5.20. The highest BCUT2D eigenvalue weighted by molar-refractivity contribution is 9.10. The minimum atomic E-state index is 0.592. The third-order valence-electron chi connectivity index (χ3n) is 2.53. The second-order valence-electron chi connectivity index (χ2n) is 3.62. The van der Waals surface area contributed by atoms with E-state index in [0.29, 0.717) is 6.04 Å². The van der Waals surface area contributed by atoms with E-state index >= 15 is 0 Å². The highest BCUT2D eigenvalue weighted by atomic mass is 79.9. The summed E-state index contributed by atoms with van der Waals surface area (Å²) in [6, 6.07) is 6.95. The van der Waals surface area contributed by atoms with Crippen LogP contribution < -0.4 is 5.32 Å². The van der Waals surface area contributed by atoms with Crippen molar-refractivity contribution in [2.75, 3.05) is 5.32 Å². The van der Waals surface area contributed by atoms with Crippen molar-refractivity contribution >= 4 is 21.6 Å². The molecule has 0 radical (unpaired) electrons. The summed E-state index contributed by atoms with van der Waals surface area (Å²) < 4.78 is 1.14. The van der Waals surface area contributed by atoms with Crippen LogP contribution in [0.1, 0.15) is 32.3 Å². The molecular formula is C12H18BrN. The Hall–Kier alpha value is -0.500. The van der Waals surface area contributed by atoms with Crippen molar-refractivity contribution in [3.63, 3.8) is 0 Å². The molecule has 0 aromatic heterocycles. The van der Waals surface area contributed by atoms with Gasteiger partial charge in [-0.2, -0.15) is 0 Å². The van der Waals surface area contributed by atoms with E-state index in [1.165, 1.54) is 24.1 Å². The van der Waals surface area contributed by atoms with Crippen molar-refractivity contribution < 1.29 is 0 Å². The normalized spacial score (nSPS) is 10.6. The van der Waals surface area contributed by atoms with Crippen LogP contribution in [0.3, 0.4) is 0 Å². The minimum Gasteiger partial charge on any atom is -0.382 e. The van der Waals surface area contributed by atoms with E-state index in [4.69, 9.17) is 0 Å². The highest BCUT2D eigenvalue weighted by Crippen LogP contribution is 2.21. The highest BCUT2D eigenvalue weighted by Gasteiger charge is 2.04. The summed E-state index contributed by atoms with van der Waals surface area (Å²) >= 11 is 3.47. The number of aryl methyl sites for hydroxylation is 1. The number of benzene rings is 1. The largest absolute Gasteiger partial charge is 0.382 e. The lowest BCUT2D eigenvalue weighted by molar-refractivity contribution is 0.671. The molecule has 0 aliphatic heterocycles. The molecule has 0 atom stereocenters. The van der Waals surface area contributed by atoms with Gasteiger partial charge in [-0.15, -0.1) is 0 Å². The van der Waals surface area contributed by atoms with Crippen LogP contribution in [-0.2, 0) is 0 Å². The number of anilines is 1. The number of hydrogen-bond donors (Lipinski definition) is 1. The summed E-state index contributed by atoms with van der Waals surface area (Å²) in [6.07, 6.45) is 2.35. The summed E-state index contributed by atoms with van der Waals surface area (Å²) in [5.41, 5.74) is 2.55. The first kappa shape index (κ1) is 11.6. The fourth-order valence-corrected chi connectivity index (χ4v) is 1.98. The van der Waals surface area contributed by atoms with Gasteiger partial charge in [-0.05, 0) is 43.5 Å². The lowest BCUT2D eigenvalue weighted by Gasteiger charge is -2.18. The molecule has 1 aromatic rings. The molecule has 0 fully saturated rings. The molecule has 0 aliphatic carbocycles. The average Bonchev–Trinajstić information content (AvgIpc) is 2.17. The lowest BCUT2D eigenvalue weighted by atomic mass is 10.1. The van der Waals surface area contributed by atoms with Gasteiger partial charge in [-0.3, -0.25) is 0 Å². The number of halogens is 1. The van der Waals surface area contributed by atoms with Crippen LogP contribution in [-0.4, -0.2) is 6.04 Å². The molecule has 1 nitrogen and oxygen atoms in total. The lowest BCUT2D eigenvalue weighted by Crippen LogP contribution is -2.17. The maximum atomic E-state index is 3.55. The maximum Gasteiger partial charge on any atom is 0.0372 e. The Bertz CT molecular complexity index is 292. The molecule has 0 amide bonds. The molecule has 0 bridgehead atoms. The Morgan fingerprint density at radius 3 is 2.43 bits per heavy atom. The zero-order chi connectivity index (χ0) is 10.6. The van der Waals surface area contributed by atoms with Gasteiger partial charge in [0.15, 0.2) is 0 Å². The van der Waals surface area contributed by atoms with E-state index in [2.05, 4.69) is 60.2 Å². The third-order valence-corrected chi connectivity index (χ3v) is 3.03. The Kier molecular flexibility index (Phi) is 4.46. The topological polar surface area (TPSA) is 12.0 Å². The maximum absolute atomic E-state index is 3.55. The van der Waals surface area contributed by atoms with Crippen molar-refractivity contribution in [2.24, 2.45) is 0 Å². The Labute approximate surface area is 95.0 Å².